The van der Waals surface area contributed by atoms with Gasteiger partial charge >= 0.3 is 5.97 Å². The highest BCUT2D eigenvalue weighted by molar-refractivity contribution is 6.06. The number of pyridine rings is 1. The van der Waals surface area contributed by atoms with Crippen molar-refractivity contribution in [1.82, 2.24) is 4.98 Å². The van der Waals surface area contributed by atoms with Gasteiger partial charge in [-0.05, 0) is 0 Å². The third kappa shape index (κ3) is 2.01. The molecule has 20 heavy (non-hydrogen) atoms. The minimum Gasteiger partial charge on any atom is -0.469 e. The van der Waals surface area contributed by atoms with E-state index in [4.69, 9.17) is 4.74 Å². The van der Waals surface area contributed by atoms with Crippen molar-refractivity contribution >= 4 is 28.3 Å². The normalized spacial score (nSPS) is 18.6. The van der Waals surface area contributed by atoms with E-state index < -0.39 is 5.92 Å². The second-order valence-electron chi connectivity index (χ2n) is 4.81. The first kappa shape index (κ1) is 12.6. The van der Waals surface area contributed by atoms with E-state index in [1.54, 1.807) is 17.3 Å². The largest absolute Gasteiger partial charge is 0.469 e. The molecule has 1 aliphatic rings. The third-order valence-corrected chi connectivity index (χ3v) is 3.60. The molecular formula is C15H14N2O3. The molecule has 5 heteroatoms. The first-order valence-electron chi connectivity index (χ1n) is 6.41. The lowest BCUT2D eigenvalue weighted by molar-refractivity contribution is -0.145. The first-order chi connectivity index (χ1) is 9.70. The summed E-state index contributed by atoms with van der Waals surface area (Å²) in [6, 6.07) is 7.75. The molecule has 1 fully saturated rings. The van der Waals surface area contributed by atoms with E-state index in [1.165, 1.54) is 7.11 Å². The van der Waals surface area contributed by atoms with Crippen LogP contribution in [0, 0.1) is 5.92 Å². The molecule has 1 unspecified atom stereocenters. The number of carbonyl (C=O) groups excluding carboxylic acids is 2. The van der Waals surface area contributed by atoms with Crippen LogP contribution in [0.3, 0.4) is 0 Å². The van der Waals surface area contributed by atoms with Crippen LogP contribution in [0.15, 0.2) is 36.7 Å². The van der Waals surface area contributed by atoms with Gasteiger partial charge in [0, 0.05) is 29.9 Å². The van der Waals surface area contributed by atoms with Crippen molar-refractivity contribution in [1.29, 1.82) is 0 Å². The van der Waals surface area contributed by atoms with Gasteiger partial charge in [0.1, 0.15) is 0 Å². The van der Waals surface area contributed by atoms with Gasteiger partial charge in [-0.3, -0.25) is 14.6 Å². The molecule has 0 bridgehead atoms. The van der Waals surface area contributed by atoms with Crippen LogP contribution < -0.4 is 4.90 Å². The molecule has 2 aromatic rings. The molecule has 3 rings (SSSR count). The molecule has 1 aromatic heterocycles. The first-order valence-corrected chi connectivity index (χ1v) is 6.41. The standard InChI is InChI=1S/C15H14N2O3/c1-20-15(19)11-6-14(18)17(9-11)13-8-16-7-10-4-2-3-5-12(10)13/h2-5,7-8,11H,6,9H2,1H3. The van der Waals surface area contributed by atoms with Crippen LogP contribution in [-0.4, -0.2) is 30.5 Å². The monoisotopic (exact) mass is 270 g/mol. The van der Waals surface area contributed by atoms with Crippen molar-refractivity contribution in [3.63, 3.8) is 0 Å². The molecular weight excluding hydrogens is 256 g/mol. The van der Waals surface area contributed by atoms with Crippen molar-refractivity contribution in [2.75, 3.05) is 18.6 Å². The van der Waals surface area contributed by atoms with E-state index in [1.807, 2.05) is 24.3 Å². The van der Waals surface area contributed by atoms with Crippen molar-refractivity contribution in [3.8, 4) is 0 Å². The highest BCUT2D eigenvalue weighted by atomic mass is 16.5. The summed E-state index contributed by atoms with van der Waals surface area (Å²) in [4.78, 5) is 29.5. The molecule has 0 radical (unpaired) electrons. The Bertz CT molecular complexity index is 678. The van der Waals surface area contributed by atoms with E-state index in [2.05, 4.69) is 4.98 Å². The lowest BCUT2D eigenvalue weighted by Crippen LogP contribution is -2.26. The number of anilines is 1. The molecule has 0 N–H and O–H groups in total. The van der Waals surface area contributed by atoms with Gasteiger partial charge in [-0.2, -0.15) is 0 Å². The number of esters is 1. The summed E-state index contributed by atoms with van der Waals surface area (Å²) in [5.41, 5.74) is 0.750. The number of aromatic nitrogens is 1. The van der Waals surface area contributed by atoms with E-state index in [0.717, 1.165) is 16.5 Å². The maximum Gasteiger partial charge on any atom is 0.311 e. The quantitative estimate of drug-likeness (QED) is 0.780. The van der Waals surface area contributed by atoms with Gasteiger partial charge in [-0.25, -0.2) is 0 Å². The average molecular weight is 270 g/mol. The molecule has 2 heterocycles. The smallest absolute Gasteiger partial charge is 0.311 e. The van der Waals surface area contributed by atoms with Gasteiger partial charge in [-0.1, -0.05) is 24.3 Å². The fraction of sp³-hybridized carbons (Fsp3) is 0.267. The van der Waals surface area contributed by atoms with E-state index in [-0.39, 0.29) is 18.3 Å². The van der Waals surface area contributed by atoms with Crippen molar-refractivity contribution < 1.29 is 14.3 Å². The molecule has 1 saturated heterocycles. The Morgan fingerprint density at radius 3 is 2.95 bits per heavy atom. The lowest BCUT2D eigenvalue weighted by atomic mass is 10.1. The number of amides is 1. The molecule has 0 spiro atoms. The fourth-order valence-corrected chi connectivity index (χ4v) is 2.58. The predicted octanol–water partition coefficient (Wildman–Crippen LogP) is 1.76. The van der Waals surface area contributed by atoms with Crippen molar-refractivity contribution in [3.05, 3.63) is 36.7 Å². The summed E-state index contributed by atoms with van der Waals surface area (Å²) in [6.45, 7) is 0.348. The Kier molecular flexibility index (Phi) is 3.10. The Hall–Kier alpha value is -2.43. The Balaban J connectivity index is 2.00. The predicted molar refractivity (Wildman–Crippen MR) is 74.2 cm³/mol. The van der Waals surface area contributed by atoms with Gasteiger partial charge in [0.25, 0.3) is 0 Å². The van der Waals surface area contributed by atoms with Crippen LogP contribution in [0.5, 0.6) is 0 Å². The van der Waals surface area contributed by atoms with E-state index in [9.17, 15) is 9.59 Å². The van der Waals surface area contributed by atoms with E-state index >= 15 is 0 Å². The number of hydrogen-bond acceptors (Lipinski definition) is 4. The molecule has 1 atom stereocenters. The summed E-state index contributed by atoms with van der Waals surface area (Å²) < 4.78 is 4.72. The van der Waals surface area contributed by atoms with Crippen LogP contribution >= 0.6 is 0 Å². The molecule has 0 aliphatic carbocycles. The minimum atomic E-state index is -0.397. The number of nitrogens with zero attached hydrogens (tertiary/aromatic N) is 2. The zero-order valence-corrected chi connectivity index (χ0v) is 11.1. The highest BCUT2D eigenvalue weighted by Gasteiger charge is 2.36. The SMILES string of the molecule is COC(=O)C1CC(=O)N(c2cncc3ccccc23)C1. The molecule has 1 aromatic carbocycles. The average Bonchev–Trinajstić information content (AvgIpc) is 2.87. The number of carbonyl (C=O) groups is 2. The van der Waals surface area contributed by atoms with Crippen molar-refractivity contribution in [2.45, 2.75) is 6.42 Å². The molecule has 1 amide bonds. The lowest BCUT2D eigenvalue weighted by Gasteiger charge is -2.18. The number of hydrogen-bond donors (Lipinski definition) is 0. The summed E-state index contributed by atoms with van der Waals surface area (Å²) in [5.74, 6) is -0.806. The maximum absolute atomic E-state index is 12.1. The van der Waals surface area contributed by atoms with Crippen LogP contribution in [0.4, 0.5) is 5.69 Å². The summed E-state index contributed by atoms with van der Waals surface area (Å²) in [5, 5.41) is 1.93. The zero-order chi connectivity index (χ0) is 14.1. The number of benzene rings is 1. The van der Waals surface area contributed by atoms with Crippen molar-refractivity contribution in [2.24, 2.45) is 5.92 Å². The van der Waals surface area contributed by atoms with Crippen LogP contribution in [0.2, 0.25) is 0 Å². The van der Waals surface area contributed by atoms with Gasteiger partial charge in [-0.15, -0.1) is 0 Å². The Morgan fingerprint density at radius 1 is 1.35 bits per heavy atom. The zero-order valence-electron chi connectivity index (χ0n) is 11.1. The van der Waals surface area contributed by atoms with Gasteiger partial charge in [0.05, 0.1) is 24.9 Å². The molecule has 0 saturated carbocycles. The Morgan fingerprint density at radius 2 is 2.15 bits per heavy atom. The van der Waals surface area contributed by atoms with Crippen LogP contribution in [0.1, 0.15) is 6.42 Å². The highest BCUT2D eigenvalue weighted by Crippen LogP contribution is 2.31. The maximum atomic E-state index is 12.1. The van der Waals surface area contributed by atoms with Crippen LogP contribution in [0.25, 0.3) is 10.8 Å². The van der Waals surface area contributed by atoms with Gasteiger partial charge in [0.2, 0.25) is 5.91 Å². The van der Waals surface area contributed by atoms with E-state index in [0.29, 0.717) is 6.54 Å². The fourth-order valence-electron chi connectivity index (χ4n) is 2.58. The van der Waals surface area contributed by atoms with Gasteiger partial charge < -0.3 is 9.64 Å². The number of rotatable bonds is 2. The summed E-state index contributed by atoms with van der Waals surface area (Å²) in [6.07, 6.45) is 3.62. The number of fused-ring (bicyclic) bond motifs is 1. The molecule has 5 nitrogen and oxygen atoms in total. The topological polar surface area (TPSA) is 59.5 Å². The number of methoxy groups -OCH3 is 1. The van der Waals surface area contributed by atoms with Gasteiger partial charge in [0.15, 0.2) is 0 Å². The minimum absolute atomic E-state index is 0.0708. The third-order valence-electron chi connectivity index (χ3n) is 3.60. The van der Waals surface area contributed by atoms with Crippen LogP contribution in [-0.2, 0) is 14.3 Å². The Labute approximate surface area is 116 Å². The molecule has 102 valence electrons. The summed E-state index contributed by atoms with van der Waals surface area (Å²) in [7, 11) is 1.34. The second kappa shape index (κ2) is 4.92. The molecule has 1 aliphatic heterocycles. The number of ether oxygens (including phenoxy) is 1. The summed E-state index contributed by atoms with van der Waals surface area (Å²) >= 11 is 0. The second-order valence-corrected chi connectivity index (χ2v) is 4.81.